The molecule has 0 aliphatic carbocycles. The number of imidazole rings is 1. The van der Waals surface area contributed by atoms with Gasteiger partial charge in [0.05, 0.1) is 11.6 Å². The molecule has 128 valence electrons. The molecule has 8 nitrogen and oxygen atoms in total. The monoisotopic (exact) mass is 357 g/mol. The van der Waals surface area contributed by atoms with Crippen molar-refractivity contribution >= 4 is 40.3 Å². The van der Waals surface area contributed by atoms with Crippen molar-refractivity contribution in [2.45, 2.75) is 24.3 Å². The second-order valence-electron chi connectivity index (χ2n) is 5.36. The Kier molecular flexibility index (Phi) is 4.66. The summed E-state index contributed by atoms with van der Waals surface area (Å²) in [4.78, 5) is 48.9. The van der Waals surface area contributed by atoms with Crippen molar-refractivity contribution in [3.8, 4) is 0 Å². The first-order chi connectivity index (χ1) is 11.9. The van der Waals surface area contributed by atoms with Crippen molar-refractivity contribution in [2.75, 3.05) is 5.32 Å². The maximum Gasteiger partial charge on any atom is 0.277 e. The first-order valence-corrected chi connectivity index (χ1v) is 8.34. The molecule has 0 spiro atoms. The molecular formula is C16H15N5O3S. The topological polar surface area (TPSA) is 121 Å². The van der Waals surface area contributed by atoms with E-state index in [0.717, 1.165) is 11.8 Å². The van der Waals surface area contributed by atoms with Gasteiger partial charge in [-0.15, -0.1) is 0 Å². The van der Waals surface area contributed by atoms with E-state index in [-0.39, 0.29) is 17.2 Å². The summed E-state index contributed by atoms with van der Waals surface area (Å²) < 4.78 is 0. The highest BCUT2D eigenvalue weighted by Gasteiger charge is 2.17. The maximum absolute atomic E-state index is 12.3. The van der Waals surface area contributed by atoms with Gasteiger partial charge in [0.2, 0.25) is 5.91 Å². The quantitative estimate of drug-likeness (QED) is 0.365. The Hall–Kier alpha value is -2.94. The average molecular weight is 357 g/mol. The molecule has 0 unspecified atom stereocenters. The second kappa shape index (κ2) is 6.89. The van der Waals surface area contributed by atoms with Gasteiger partial charge in [0.1, 0.15) is 0 Å². The molecule has 3 rings (SSSR count). The maximum atomic E-state index is 12.3. The number of aromatic amines is 2. The molecule has 0 bridgehead atoms. The molecule has 1 amide bonds. The largest absolute Gasteiger partial charge is 0.339 e. The van der Waals surface area contributed by atoms with Gasteiger partial charge >= 0.3 is 0 Å². The third-order valence-electron chi connectivity index (χ3n) is 3.49. The Labute approximate surface area is 146 Å². The summed E-state index contributed by atoms with van der Waals surface area (Å²) >= 11 is 1.12. The number of benzene rings is 1. The number of Topliss-reactive ketones (excluding diaryl/α,β-unsaturated/α-hetero) is 1. The fourth-order valence-electron chi connectivity index (χ4n) is 2.13. The number of carbonyl (C=O) groups excluding carboxylic acids is 2. The van der Waals surface area contributed by atoms with E-state index >= 15 is 0 Å². The van der Waals surface area contributed by atoms with Crippen molar-refractivity contribution < 1.29 is 9.59 Å². The molecule has 0 saturated heterocycles. The van der Waals surface area contributed by atoms with Crippen LogP contribution in [0.3, 0.4) is 0 Å². The van der Waals surface area contributed by atoms with Crippen LogP contribution in [0.25, 0.3) is 11.2 Å². The molecule has 1 atom stereocenters. The van der Waals surface area contributed by atoms with Gasteiger partial charge in [0, 0.05) is 11.3 Å². The molecule has 0 fully saturated rings. The van der Waals surface area contributed by atoms with E-state index < -0.39 is 5.25 Å². The number of H-pyrrole nitrogens is 2. The first-order valence-electron chi connectivity index (χ1n) is 7.46. The summed E-state index contributed by atoms with van der Waals surface area (Å²) in [6.45, 7) is 3.19. The van der Waals surface area contributed by atoms with Crippen LogP contribution in [0.4, 0.5) is 5.69 Å². The number of fused-ring (bicyclic) bond motifs is 1. The van der Waals surface area contributed by atoms with Gasteiger partial charge < -0.3 is 10.3 Å². The molecule has 3 aromatic rings. The molecule has 2 heterocycles. The Bertz CT molecular complexity index is 993. The zero-order chi connectivity index (χ0) is 18.0. The lowest BCUT2D eigenvalue weighted by Crippen LogP contribution is -2.23. The van der Waals surface area contributed by atoms with E-state index in [0.29, 0.717) is 27.6 Å². The summed E-state index contributed by atoms with van der Waals surface area (Å²) in [5, 5.41) is 2.59. The predicted octanol–water partition coefficient (Wildman–Crippen LogP) is 1.97. The highest BCUT2D eigenvalue weighted by molar-refractivity contribution is 8.00. The fourth-order valence-corrected chi connectivity index (χ4v) is 2.92. The zero-order valence-corrected chi connectivity index (χ0v) is 14.3. The number of hydrogen-bond donors (Lipinski definition) is 3. The summed E-state index contributed by atoms with van der Waals surface area (Å²) in [6, 6.07) is 6.64. The SMILES string of the molecule is CC(=O)c1ccc(NC(=O)[C@H](C)Sc2nc3nc[nH]c3c(=O)[nH]2)cc1. The molecule has 0 radical (unpaired) electrons. The third kappa shape index (κ3) is 3.77. The number of ketones is 1. The molecule has 0 saturated carbocycles. The normalized spacial score (nSPS) is 12.1. The van der Waals surface area contributed by atoms with Gasteiger partial charge in [-0.2, -0.15) is 0 Å². The number of aromatic nitrogens is 4. The van der Waals surface area contributed by atoms with E-state index in [9.17, 15) is 14.4 Å². The number of rotatable bonds is 5. The second-order valence-corrected chi connectivity index (χ2v) is 6.68. The van der Waals surface area contributed by atoms with Gasteiger partial charge in [-0.3, -0.25) is 19.4 Å². The van der Waals surface area contributed by atoms with Gasteiger partial charge in [-0.25, -0.2) is 9.97 Å². The van der Waals surface area contributed by atoms with Crippen molar-refractivity contribution in [1.82, 2.24) is 19.9 Å². The van der Waals surface area contributed by atoms with Crippen LogP contribution < -0.4 is 10.9 Å². The summed E-state index contributed by atoms with van der Waals surface area (Å²) in [7, 11) is 0. The predicted molar refractivity (Wildman–Crippen MR) is 94.9 cm³/mol. The Morgan fingerprint density at radius 3 is 2.64 bits per heavy atom. The number of thioether (sulfide) groups is 1. The minimum Gasteiger partial charge on any atom is -0.339 e. The summed E-state index contributed by atoms with van der Waals surface area (Å²) in [5.41, 5.74) is 1.43. The van der Waals surface area contributed by atoms with Gasteiger partial charge in [-0.1, -0.05) is 11.8 Å². The number of amides is 1. The van der Waals surface area contributed by atoms with Gasteiger partial charge in [0.15, 0.2) is 22.1 Å². The standard InChI is InChI=1S/C16H15N5O3S/c1-8(22)10-3-5-11(6-4-10)19-14(23)9(2)25-16-20-13-12(15(24)21-16)17-7-18-13/h3-7,9H,1-2H3,(H,19,23)(H2,17,18,20,21,24)/t9-/m0/s1. The van der Waals surface area contributed by atoms with Crippen molar-refractivity contribution in [3.05, 3.63) is 46.5 Å². The van der Waals surface area contributed by atoms with Crippen LogP contribution in [0.15, 0.2) is 40.5 Å². The molecule has 2 aromatic heterocycles. The highest BCUT2D eigenvalue weighted by Crippen LogP contribution is 2.21. The number of hydrogen-bond acceptors (Lipinski definition) is 6. The zero-order valence-electron chi connectivity index (χ0n) is 13.5. The number of nitrogens with zero attached hydrogens (tertiary/aromatic N) is 2. The van der Waals surface area contributed by atoms with Crippen LogP contribution in [-0.4, -0.2) is 36.9 Å². The molecule has 0 aliphatic heterocycles. The Morgan fingerprint density at radius 1 is 1.24 bits per heavy atom. The minimum absolute atomic E-state index is 0.0365. The lowest BCUT2D eigenvalue weighted by Gasteiger charge is -2.11. The molecule has 0 aliphatic rings. The smallest absolute Gasteiger partial charge is 0.277 e. The van der Waals surface area contributed by atoms with Crippen LogP contribution in [0.1, 0.15) is 24.2 Å². The van der Waals surface area contributed by atoms with Crippen LogP contribution in [0, 0.1) is 0 Å². The minimum atomic E-state index is -0.493. The van der Waals surface area contributed by atoms with E-state index in [1.165, 1.54) is 13.3 Å². The molecular weight excluding hydrogens is 342 g/mol. The van der Waals surface area contributed by atoms with E-state index in [2.05, 4.69) is 25.3 Å². The van der Waals surface area contributed by atoms with Crippen molar-refractivity contribution in [3.63, 3.8) is 0 Å². The van der Waals surface area contributed by atoms with Crippen LogP contribution in [-0.2, 0) is 4.79 Å². The molecule has 1 aromatic carbocycles. The summed E-state index contributed by atoms with van der Waals surface area (Å²) in [5.74, 6) is -0.282. The van der Waals surface area contributed by atoms with Crippen LogP contribution >= 0.6 is 11.8 Å². The number of carbonyl (C=O) groups is 2. The number of nitrogens with one attached hydrogen (secondary N) is 3. The van der Waals surface area contributed by atoms with Crippen LogP contribution in [0.2, 0.25) is 0 Å². The highest BCUT2D eigenvalue weighted by atomic mass is 32.2. The molecule has 3 N–H and O–H groups in total. The van der Waals surface area contributed by atoms with Gasteiger partial charge in [-0.05, 0) is 38.1 Å². The van der Waals surface area contributed by atoms with Gasteiger partial charge in [0.25, 0.3) is 5.56 Å². The number of anilines is 1. The van der Waals surface area contributed by atoms with E-state index in [1.54, 1.807) is 31.2 Å². The van der Waals surface area contributed by atoms with Crippen molar-refractivity contribution in [2.24, 2.45) is 0 Å². The lowest BCUT2D eigenvalue weighted by atomic mass is 10.1. The van der Waals surface area contributed by atoms with E-state index in [4.69, 9.17) is 0 Å². The van der Waals surface area contributed by atoms with Crippen molar-refractivity contribution in [1.29, 1.82) is 0 Å². The third-order valence-corrected chi connectivity index (χ3v) is 4.48. The lowest BCUT2D eigenvalue weighted by molar-refractivity contribution is -0.115. The first kappa shape index (κ1) is 16.9. The Morgan fingerprint density at radius 2 is 1.96 bits per heavy atom. The van der Waals surface area contributed by atoms with Crippen LogP contribution in [0.5, 0.6) is 0 Å². The Balaban J connectivity index is 1.69. The molecule has 25 heavy (non-hydrogen) atoms. The molecule has 9 heteroatoms. The summed E-state index contributed by atoms with van der Waals surface area (Å²) in [6.07, 6.45) is 1.39. The average Bonchev–Trinajstić information content (AvgIpc) is 3.04. The van der Waals surface area contributed by atoms with E-state index in [1.807, 2.05) is 0 Å². The fraction of sp³-hybridized carbons (Fsp3) is 0.188.